The van der Waals surface area contributed by atoms with Crippen molar-refractivity contribution >= 4 is 0 Å². The maximum absolute atomic E-state index is 3.73. The highest BCUT2D eigenvalue weighted by Gasteiger charge is 2.23. The molecule has 0 bridgehead atoms. The Labute approximate surface area is 117 Å². The molecule has 2 aliphatic rings. The molecule has 0 saturated heterocycles. The lowest BCUT2D eigenvalue weighted by atomic mass is 9.84. The van der Waals surface area contributed by atoms with Gasteiger partial charge in [0.1, 0.15) is 0 Å². The molecule has 1 aromatic rings. The first-order valence-electron chi connectivity index (χ1n) is 8.15. The van der Waals surface area contributed by atoms with E-state index in [1.165, 1.54) is 50.5 Å². The van der Waals surface area contributed by atoms with E-state index in [1.54, 1.807) is 5.56 Å². The zero-order chi connectivity index (χ0) is 13.1. The van der Waals surface area contributed by atoms with E-state index in [2.05, 4.69) is 36.5 Å². The predicted molar refractivity (Wildman–Crippen MR) is 81.3 cm³/mol. The number of hydrogen-bond donors (Lipinski definition) is 1. The number of rotatable bonds is 5. The molecule has 2 fully saturated rings. The number of hydrogen-bond acceptors (Lipinski definition) is 1. The molecule has 1 heteroatoms. The quantitative estimate of drug-likeness (QED) is 0.811. The van der Waals surface area contributed by atoms with Gasteiger partial charge in [-0.1, -0.05) is 43.5 Å². The van der Waals surface area contributed by atoms with Crippen LogP contribution in [0.4, 0.5) is 0 Å². The van der Waals surface area contributed by atoms with E-state index < -0.39 is 0 Å². The Kier molecular flexibility index (Phi) is 4.22. The molecule has 1 N–H and O–H groups in total. The monoisotopic (exact) mass is 257 g/mol. The van der Waals surface area contributed by atoms with Gasteiger partial charge in [-0.15, -0.1) is 0 Å². The van der Waals surface area contributed by atoms with Crippen molar-refractivity contribution in [3.63, 3.8) is 0 Å². The molecule has 2 aliphatic carbocycles. The van der Waals surface area contributed by atoms with E-state index in [-0.39, 0.29) is 0 Å². The van der Waals surface area contributed by atoms with Crippen LogP contribution >= 0.6 is 0 Å². The van der Waals surface area contributed by atoms with E-state index in [9.17, 15) is 0 Å². The standard InChI is InChI=1S/C18H27N/c1-14(16-5-3-2-4-6-16)19-13-15-7-9-17(10-8-15)18-11-12-18/h7-10,14,16,18-19H,2-6,11-13H2,1H3. The van der Waals surface area contributed by atoms with E-state index in [1.807, 2.05) is 0 Å². The van der Waals surface area contributed by atoms with Crippen LogP contribution in [-0.4, -0.2) is 6.04 Å². The Balaban J connectivity index is 1.47. The minimum atomic E-state index is 0.670. The zero-order valence-electron chi connectivity index (χ0n) is 12.2. The third-order valence-corrected chi connectivity index (χ3v) is 5.01. The van der Waals surface area contributed by atoms with Crippen molar-refractivity contribution in [3.05, 3.63) is 35.4 Å². The lowest BCUT2D eigenvalue weighted by Gasteiger charge is -2.28. The maximum atomic E-state index is 3.73. The van der Waals surface area contributed by atoms with Crippen LogP contribution in [0.2, 0.25) is 0 Å². The van der Waals surface area contributed by atoms with Crippen LogP contribution in [0.3, 0.4) is 0 Å². The van der Waals surface area contributed by atoms with Crippen LogP contribution in [0.5, 0.6) is 0 Å². The van der Waals surface area contributed by atoms with Crippen molar-refractivity contribution in [2.75, 3.05) is 0 Å². The topological polar surface area (TPSA) is 12.0 Å². The van der Waals surface area contributed by atoms with Crippen LogP contribution in [0.15, 0.2) is 24.3 Å². The summed E-state index contributed by atoms with van der Waals surface area (Å²) in [5.41, 5.74) is 2.98. The van der Waals surface area contributed by atoms with Gasteiger partial charge < -0.3 is 5.32 Å². The van der Waals surface area contributed by atoms with Gasteiger partial charge in [0.2, 0.25) is 0 Å². The van der Waals surface area contributed by atoms with Crippen LogP contribution in [0, 0.1) is 5.92 Å². The molecule has 0 aromatic heterocycles. The van der Waals surface area contributed by atoms with E-state index >= 15 is 0 Å². The summed E-state index contributed by atoms with van der Waals surface area (Å²) in [4.78, 5) is 0. The second-order valence-corrected chi connectivity index (χ2v) is 6.58. The largest absolute Gasteiger partial charge is 0.310 e. The minimum absolute atomic E-state index is 0.670. The summed E-state index contributed by atoms with van der Waals surface area (Å²) < 4.78 is 0. The van der Waals surface area contributed by atoms with Crippen molar-refractivity contribution in [2.24, 2.45) is 5.92 Å². The first-order chi connectivity index (χ1) is 9.33. The Bertz CT molecular complexity index is 385. The summed E-state index contributed by atoms with van der Waals surface area (Å²) in [6, 6.07) is 9.96. The maximum Gasteiger partial charge on any atom is 0.0208 e. The lowest BCUT2D eigenvalue weighted by Crippen LogP contribution is -2.34. The van der Waals surface area contributed by atoms with Crippen LogP contribution in [0.1, 0.15) is 68.9 Å². The lowest BCUT2D eigenvalue weighted by molar-refractivity contribution is 0.280. The second-order valence-electron chi connectivity index (χ2n) is 6.58. The van der Waals surface area contributed by atoms with Gasteiger partial charge in [0.05, 0.1) is 0 Å². The molecule has 1 nitrogen and oxygen atoms in total. The van der Waals surface area contributed by atoms with Gasteiger partial charge in [0.15, 0.2) is 0 Å². The van der Waals surface area contributed by atoms with Gasteiger partial charge >= 0.3 is 0 Å². The molecule has 0 spiro atoms. The molecule has 104 valence electrons. The van der Waals surface area contributed by atoms with Crippen LogP contribution in [-0.2, 0) is 6.54 Å². The van der Waals surface area contributed by atoms with Gasteiger partial charge in [-0.2, -0.15) is 0 Å². The van der Waals surface area contributed by atoms with Gasteiger partial charge in [-0.05, 0) is 55.6 Å². The van der Waals surface area contributed by atoms with Crippen molar-refractivity contribution in [2.45, 2.75) is 70.4 Å². The highest BCUT2D eigenvalue weighted by atomic mass is 14.9. The fourth-order valence-corrected chi connectivity index (χ4v) is 3.40. The van der Waals surface area contributed by atoms with Crippen molar-refractivity contribution in [1.29, 1.82) is 0 Å². The number of nitrogens with one attached hydrogen (secondary N) is 1. The Morgan fingerprint density at radius 3 is 2.32 bits per heavy atom. The average molecular weight is 257 g/mol. The first kappa shape index (κ1) is 13.2. The molecule has 0 radical (unpaired) electrons. The fourth-order valence-electron chi connectivity index (χ4n) is 3.40. The number of benzene rings is 1. The second kappa shape index (κ2) is 6.09. The van der Waals surface area contributed by atoms with Gasteiger partial charge in [0.25, 0.3) is 0 Å². The summed E-state index contributed by atoms with van der Waals surface area (Å²) in [6.07, 6.45) is 9.97. The molecule has 2 saturated carbocycles. The summed E-state index contributed by atoms with van der Waals surface area (Å²) >= 11 is 0. The average Bonchev–Trinajstić information content (AvgIpc) is 3.31. The van der Waals surface area contributed by atoms with Crippen molar-refractivity contribution in [1.82, 2.24) is 5.32 Å². The zero-order valence-corrected chi connectivity index (χ0v) is 12.2. The molecule has 0 amide bonds. The molecular formula is C18H27N. The molecule has 19 heavy (non-hydrogen) atoms. The molecule has 0 aliphatic heterocycles. The Morgan fingerprint density at radius 1 is 1.00 bits per heavy atom. The van der Waals surface area contributed by atoms with E-state index in [0.29, 0.717) is 6.04 Å². The molecule has 1 atom stereocenters. The normalized spacial score (nSPS) is 22.4. The summed E-state index contributed by atoms with van der Waals surface area (Å²) in [6.45, 7) is 3.40. The summed E-state index contributed by atoms with van der Waals surface area (Å²) in [5.74, 6) is 1.78. The molecule has 3 rings (SSSR count). The summed E-state index contributed by atoms with van der Waals surface area (Å²) in [5, 5.41) is 3.73. The van der Waals surface area contributed by atoms with Gasteiger partial charge in [-0.25, -0.2) is 0 Å². The predicted octanol–water partition coefficient (Wildman–Crippen LogP) is 4.62. The Morgan fingerprint density at radius 2 is 1.68 bits per heavy atom. The molecule has 1 aromatic carbocycles. The van der Waals surface area contributed by atoms with Gasteiger partial charge in [-0.3, -0.25) is 0 Å². The molecule has 0 heterocycles. The van der Waals surface area contributed by atoms with Crippen molar-refractivity contribution < 1.29 is 0 Å². The summed E-state index contributed by atoms with van der Waals surface area (Å²) in [7, 11) is 0. The van der Waals surface area contributed by atoms with Crippen LogP contribution in [0.25, 0.3) is 0 Å². The molecular weight excluding hydrogens is 230 g/mol. The highest BCUT2D eigenvalue weighted by Crippen LogP contribution is 2.39. The smallest absolute Gasteiger partial charge is 0.0208 e. The molecule has 1 unspecified atom stereocenters. The first-order valence-corrected chi connectivity index (χ1v) is 8.15. The van der Waals surface area contributed by atoms with Crippen molar-refractivity contribution in [3.8, 4) is 0 Å². The van der Waals surface area contributed by atoms with Crippen LogP contribution < -0.4 is 5.32 Å². The van der Waals surface area contributed by atoms with E-state index in [0.717, 1.165) is 18.4 Å². The minimum Gasteiger partial charge on any atom is -0.310 e. The fraction of sp³-hybridized carbons (Fsp3) is 0.667. The third kappa shape index (κ3) is 3.60. The highest BCUT2D eigenvalue weighted by molar-refractivity contribution is 5.27. The SMILES string of the molecule is CC(NCc1ccc(C2CC2)cc1)C1CCCCC1. The third-order valence-electron chi connectivity index (χ3n) is 5.01. The Hall–Kier alpha value is -0.820. The van der Waals surface area contributed by atoms with E-state index in [4.69, 9.17) is 0 Å². The van der Waals surface area contributed by atoms with Gasteiger partial charge in [0, 0.05) is 12.6 Å².